The number of carbonyl (C=O) groups excluding carboxylic acids is 2. The van der Waals surface area contributed by atoms with Crippen LogP contribution >= 0.6 is 0 Å². The highest BCUT2D eigenvalue weighted by Gasteiger charge is 2.24. The number of benzene rings is 3. The van der Waals surface area contributed by atoms with Gasteiger partial charge in [0.05, 0.1) is 0 Å². The van der Waals surface area contributed by atoms with Crippen molar-refractivity contribution in [2.24, 2.45) is 0 Å². The first-order valence-corrected chi connectivity index (χ1v) is 12.4. The Hall–Kier alpha value is -4.90. The first-order chi connectivity index (χ1) is 18.5. The number of para-hydroxylation sites is 2. The Bertz CT molecular complexity index is 1530. The van der Waals surface area contributed by atoms with Crippen LogP contribution in [0.4, 0.5) is 15.8 Å². The highest BCUT2D eigenvalue weighted by molar-refractivity contribution is 6.04. The number of anilines is 2. The average Bonchev–Trinajstić information content (AvgIpc) is 3.30. The van der Waals surface area contributed by atoms with Crippen LogP contribution in [0, 0.1) is 17.1 Å². The molecule has 190 valence electrons. The topological polar surface area (TPSA) is 81.4 Å². The summed E-state index contributed by atoms with van der Waals surface area (Å²) in [5, 5.41) is 13.4. The van der Waals surface area contributed by atoms with Crippen LogP contribution in [0.2, 0.25) is 0 Å². The molecule has 3 aromatic carbocycles. The molecule has 0 bridgehead atoms. The van der Waals surface area contributed by atoms with Gasteiger partial charge in [0.1, 0.15) is 24.0 Å². The van der Waals surface area contributed by atoms with Gasteiger partial charge in [0, 0.05) is 60.2 Å². The Morgan fingerprint density at radius 1 is 0.921 bits per heavy atom. The molecule has 1 aliphatic rings. The third-order valence-corrected chi connectivity index (χ3v) is 6.60. The summed E-state index contributed by atoms with van der Waals surface area (Å²) in [6.45, 7) is 2.45. The van der Waals surface area contributed by atoms with Crippen molar-refractivity contribution in [1.82, 2.24) is 9.47 Å². The lowest BCUT2D eigenvalue weighted by atomic mass is 10.1. The molecule has 0 aliphatic carbocycles. The predicted molar refractivity (Wildman–Crippen MR) is 146 cm³/mol. The normalized spacial score (nSPS) is 13.8. The number of piperazine rings is 1. The fourth-order valence-corrected chi connectivity index (χ4v) is 4.68. The van der Waals surface area contributed by atoms with E-state index >= 15 is 0 Å². The molecule has 0 atom stereocenters. The Labute approximate surface area is 220 Å². The van der Waals surface area contributed by atoms with Crippen LogP contribution in [-0.2, 0) is 16.1 Å². The van der Waals surface area contributed by atoms with Crippen LogP contribution in [-0.4, -0.2) is 47.5 Å². The smallest absolute Gasteiger partial charge is 0.264 e. The minimum atomic E-state index is -0.378. The van der Waals surface area contributed by atoms with Crippen molar-refractivity contribution in [3.05, 3.63) is 102 Å². The lowest BCUT2D eigenvalue weighted by molar-refractivity contribution is -0.127. The third kappa shape index (κ3) is 5.42. The second-order valence-electron chi connectivity index (χ2n) is 9.07. The van der Waals surface area contributed by atoms with Crippen LogP contribution in [0.15, 0.2) is 90.6 Å². The lowest BCUT2D eigenvalue weighted by Crippen LogP contribution is -2.49. The first kappa shape index (κ1) is 24.8. The summed E-state index contributed by atoms with van der Waals surface area (Å²) in [4.78, 5) is 29.9. The number of rotatable bonds is 6. The minimum absolute atomic E-state index is 0.0169. The summed E-state index contributed by atoms with van der Waals surface area (Å²) < 4.78 is 14.9. The Morgan fingerprint density at radius 2 is 1.61 bits per heavy atom. The van der Waals surface area contributed by atoms with E-state index in [1.54, 1.807) is 21.7 Å². The number of halogens is 1. The number of aromatic nitrogens is 1. The standard InChI is InChI=1S/C30H26FN5O2/c31-24-10-12-25(13-11-24)33-29(37)21-36-20-23(27-8-4-5-9-28(27)36)18-22(19-32)30(38)35-16-14-34(15-17-35)26-6-2-1-3-7-26/h1-13,18,20H,14-17,21H2,(H,33,37)/b22-18-. The van der Waals surface area contributed by atoms with Gasteiger partial charge < -0.3 is 19.7 Å². The zero-order valence-corrected chi connectivity index (χ0v) is 20.7. The summed E-state index contributed by atoms with van der Waals surface area (Å²) in [5.41, 5.74) is 3.15. The fourth-order valence-electron chi connectivity index (χ4n) is 4.68. The number of hydrogen-bond acceptors (Lipinski definition) is 4. The van der Waals surface area contributed by atoms with Crippen LogP contribution in [0.25, 0.3) is 17.0 Å². The van der Waals surface area contributed by atoms with Crippen LogP contribution < -0.4 is 10.2 Å². The highest BCUT2D eigenvalue weighted by Crippen LogP contribution is 2.25. The van der Waals surface area contributed by atoms with Gasteiger partial charge in [-0.3, -0.25) is 9.59 Å². The monoisotopic (exact) mass is 507 g/mol. The van der Waals surface area contributed by atoms with Gasteiger partial charge >= 0.3 is 0 Å². The van der Waals surface area contributed by atoms with Crippen LogP contribution in [0.3, 0.4) is 0 Å². The lowest BCUT2D eigenvalue weighted by Gasteiger charge is -2.36. The number of nitrogens with zero attached hydrogens (tertiary/aromatic N) is 4. The van der Waals surface area contributed by atoms with Gasteiger partial charge in [-0.1, -0.05) is 36.4 Å². The Morgan fingerprint density at radius 3 is 2.32 bits per heavy atom. The Balaban J connectivity index is 1.33. The largest absolute Gasteiger partial charge is 0.368 e. The van der Waals surface area contributed by atoms with E-state index in [4.69, 9.17) is 0 Å². The quantitative estimate of drug-likeness (QED) is 0.304. The third-order valence-electron chi connectivity index (χ3n) is 6.60. The summed E-state index contributed by atoms with van der Waals surface area (Å²) in [6, 6.07) is 25.2. The van der Waals surface area contributed by atoms with E-state index in [0.717, 1.165) is 16.6 Å². The van der Waals surface area contributed by atoms with Crippen molar-refractivity contribution in [3.63, 3.8) is 0 Å². The van der Waals surface area contributed by atoms with Crippen molar-refractivity contribution in [2.75, 3.05) is 36.4 Å². The maximum absolute atomic E-state index is 13.2. The molecule has 1 aromatic heterocycles. The van der Waals surface area contributed by atoms with Gasteiger partial charge in [0.2, 0.25) is 5.91 Å². The number of nitrogens with one attached hydrogen (secondary N) is 1. The predicted octanol–water partition coefficient (Wildman–Crippen LogP) is 4.67. The van der Waals surface area contributed by atoms with Gasteiger partial charge in [-0.2, -0.15) is 5.26 Å². The zero-order chi connectivity index (χ0) is 26.5. The zero-order valence-electron chi connectivity index (χ0n) is 20.7. The van der Waals surface area contributed by atoms with Crippen LogP contribution in [0.1, 0.15) is 5.56 Å². The van der Waals surface area contributed by atoms with Crippen molar-refractivity contribution in [1.29, 1.82) is 5.26 Å². The van der Waals surface area contributed by atoms with Gasteiger partial charge in [0.15, 0.2) is 0 Å². The summed E-state index contributed by atoms with van der Waals surface area (Å²) in [7, 11) is 0. The van der Waals surface area contributed by atoms with E-state index in [-0.39, 0.29) is 29.7 Å². The number of carbonyl (C=O) groups is 2. The van der Waals surface area contributed by atoms with Crippen molar-refractivity contribution < 1.29 is 14.0 Å². The van der Waals surface area contributed by atoms with E-state index < -0.39 is 0 Å². The van der Waals surface area contributed by atoms with Gasteiger partial charge in [-0.05, 0) is 48.5 Å². The molecule has 2 amide bonds. The molecule has 0 spiro atoms. The SMILES string of the molecule is N#C/C(=C/c1cn(CC(=O)Nc2ccc(F)cc2)c2ccccc12)C(=O)N1CCN(c2ccccc2)CC1. The van der Waals surface area contributed by atoms with Gasteiger partial charge in [0.25, 0.3) is 5.91 Å². The van der Waals surface area contributed by atoms with Gasteiger partial charge in [-0.25, -0.2) is 4.39 Å². The first-order valence-electron chi connectivity index (χ1n) is 12.4. The molecule has 38 heavy (non-hydrogen) atoms. The molecule has 1 N–H and O–H groups in total. The van der Waals surface area contributed by atoms with E-state index in [9.17, 15) is 19.2 Å². The molecule has 0 unspecified atom stereocenters. The minimum Gasteiger partial charge on any atom is -0.368 e. The second-order valence-corrected chi connectivity index (χ2v) is 9.07. The van der Waals surface area contributed by atoms with E-state index in [2.05, 4.69) is 16.3 Å². The van der Waals surface area contributed by atoms with Gasteiger partial charge in [-0.15, -0.1) is 0 Å². The number of nitriles is 1. The van der Waals surface area contributed by atoms with E-state index in [1.807, 2.05) is 54.6 Å². The molecule has 5 rings (SSSR count). The summed E-state index contributed by atoms with van der Waals surface area (Å²) in [6.07, 6.45) is 3.37. The molecular weight excluding hydrogens is 481 g/mol. The molecule has 4 aromatic rings. The molecular formula is C30H26FN5O2. The average molecular weight is 508 g/mol. The summed E-state index contributed by atoms with van der Waals surface area (Å²) in [5.74, 6) is -0.955. The molecule has 1 saturated heterocycles. The number of hydrogen-bond donors (Lipinski definition) is 1. The van der Waals surface area contributed by atoms with Crippen molar-refractivity contribution in [2.45, 2.75) is 6.54 Å². The fraction of sp³-hybridized carbons (Fsp3) is 0.167. The van der Waals surface area contributed by atoms with Crippen LogP contribution in [0.5, 0.6) is 0 Å². The van der Waals surface area contributed by atoms with Crippen molar-refractivity contribution in [3.8, 4) is 6.07 Å². The van der Waals surface area contributed by atoms with E-state index in [1.165, 1.54) is 24.3 Å². The van der Waals surface area contributed by atoms with Crippen molar-refractivity contribution >= 4 is 40.2 Å². The molecule has 0 radical (unpaired) electrons. The molecule has 2 heterocycles. The maximum Gasteiger partial charge on any atom is 0.264 e. The Kier molecular flexibility index (Phi) is 7.18. The molecule has 8 heteroatoms. The maximum atomic E-state index is 13.2. The molecule has 7 nitrogen and oxygen atoms in total. The number of amides is 2. The number of fused-ring (bicyclic) bond motifs is 1. The molecule has 1 fully saturated rings. The second kappa shape index (κ2) is 11.0. The molecule has 1 aliphatic heterocycles. The molecule has 0 saturated carbocycles. The summed E-state index contributed by atoms with van der Waals surface area (Å²) >= 11 is 0. The van der Waals surface area contributed by atoms with E-state index in [0.29, 0.717) is 37.4 Å². The highest BCUT2D eigenvalue weighted by atomic mass is 19.1.